The molecule has 1 aliphatic rings. The highest BCUT2D eigenvalue weighted by atomic mass is 16.5. The monoisotopic (exact) mass is 425 g/mol. The molecule has 0 aromatic heterocycles. The standard InChI is InChI=1S/C24H31N3O4/c1-5-30-20-10-7-18(8-11-20)15-23(28)25-19-9-12-22-21(16-19)27(14-6-13-26(3)4)24(29)17(2)31-22/h7-12,16-17H,5-6,13-15H2,1-4H3,(H,25,28). The molecular weight excluding hydrogens is 394 g/mol. The smallest absolute Gasteiger partial charge is 0.267 e. The number of nitrogens with zero attached hydrogens (tertiary/aromatic N) is 2. The van der Waals surface area contributed by atoms with Gasteiger partial charge in [-0.15, -0.1) is 0 Å². The van der Waals surface area contributed by atoms with Crippen LogP contribution in [-0.2, 0) is 16.0 Å². The van der Waals surface area contributed by atoms with Crippen LogP contribution in [0.15, 0.2) is 42.5 Å². The number of ether oxygens (including phenoxy) is 2. The molecule has 1 N–H and O–H groups in total. The number of nitrogens with one attached hydrogen (secondary N) is 1. The predicted octanol–water partition coefficient (Wildman–Crippen LogP) is 3.33. The van der Waals surface area contributed by atoms with Crippen molar-refractivity contribution in [2.75, 3.05) is 44.0 Å². The molecule has 2 amide bonds. The third-order valence-corrected chi connectivity index (χ3v) is 5.04. The summed E-state index contributed by atoms with van der Waals surface area (Å²) >= 11 is 0. The van der Waals surface area contributed by atoms with Crippen molar-refractivity contribution in [2.45, 2.75) is 32.8 Å². The van der Waals surface area contributed by atoms with E-state index in [0.717, 1.165) is 24.3 Å². The minimum Gasteiger partial charge on any atom is -0.494 e. The fraction of sp³-hybridized carbons (Fsp3) is 0.417. The summed E-state index contributed by atoms with van der Waals surface area (Å²) in [5.74, 6) is 1.25. The van der Waals surface area contributed by atoms with Crippen LogP contribution in [-0.4, -0.2) is 56.6 Å². The van der Waals surface area contributed by atoms with Gasteiger partial charge in [0.05, 0.1) is 18.7 Å². The fourth-order valence-corrected chi connectivity index (χ4v) is 3.52. The summed E-state index contributed by atoms with van der Waals surface area (Å²) in [7, 11) is 4.02. The first-order chi connectivity index (χ1) is 14.9. The molecule has 0 radical (unpaired) electrons. The van der Waals surface area contributed by atoms with Crippen molar-refractivity contribution in [3.05, 3.63) is 48.0 Å². The Balaban J connectivity index is 1.69. The number of anilines is 2. The van der Waals surface area contributed by atoms with E-state index >= 15 is 0 Å². The van der Waals surface area contributed by atoms with E-state index in [4.69, 9.17) is 9.47 Å². The third kappa shape index (κ3) is 5.98. The van der Waals surface area contributed by atoms with E-state index in [0.29, 0.717) is 30.3 Å². The Morgan fingerprint density at radius 1 is 1.19 bits per heavy atom. The van der Waals surface area contributed by atoms with Crippen molar-refractivity contribution in [3.8, 4) is 11.5 Å². The molecule has 0 saturated heterocycles. The van der Waals surface area contributed by atoms with Crippen molar-refractivity contribution < 1.29 is 19.1 Å². The van der Waals surface area contributed by atoms with Gasteiger partial charge in [0.15, 0.2) is 6.10 Å². The summed E-state index contributed by atoms with van der Waals surface area (Å²) in [6.07, 6.45) is 0.578. The average Bonchev–Trinajstić information content (AvgIpc) is 2.72. The Labute approximate surface area is 183 Å². The van der Waals surface area contributed by atoms with Crippen LogP contribution in [0.1, 0.15) is 25.8 Å². The molecule has 2 aromatic rings. The first kappa shape index (κ1) is 22.6. The van der Waals surface area contributed by atoms with Crippen molar-refractivity contribution >= 4 is 23.2 Å². The lowest BCUT2D eigenvalue weighted by atomic mass is 10.1. The molecule has 7 heteroatoms. The maximum absolute atomic E-state index is 12.7. The highest BCUT2D eigenvalue weighted by Crippen LogP contribution is 2.36. The SMILES string of the molecule is CCOc1ccc(CC(=O)Nc2ccc3c(c2)N(CCCN(C)C)C(=O)C(C)O3)cc1. The summed E-state index contributed by atoms with van der Waals surface area (Å²) in [4.78, 5) is 29.1. The summed E-state index contributed by atoms with van der Waals surface area (Å²) in [5.41, 5.74) is 2.23. The zero-order valence-electron chi connectivity index (χ0n) is 18.7. The van der Waals surface area contributed by atoms with Crippen molar-refractivity contribution in [1.29, 1.82) is 0 Å². The van der Waals surface area contributed by atoms with Crippen LogP contribution in [0.4, 0.5) is 11.4 Å². The maximum Gasteiger partial charge on any atom is 0.267 e. The van der Waals surface area contributed by atoms with Crippen LogP contribution in [0.25, 0.3) is 0 Å². The molecule has 0 aliphatic carbocycles. The molecule has 0 fully saturated rings. The Morgan fingerprint density at radius 3 is 2.61 bits per heavy atom. The van der Waals surface area contributed by atoms with Gasteiger partial charge in [-0.05, 0) is 76.8 Å². The Bertz CT molecular complexity index is 912. The van der Waals surface area contributed by atoms with Crippen LogP contribution < -0.4 is 19.7 Å². The minimum atomic E-state index is -0.521. The zero-order valence-corrected chi connectivity index (χ0v) is 18.7. The molecule has 0 saturated carbocycles. The van der Waals surface area contributed by atoms with Crippen LogP contribution in [0.5, 0.6) is 11.5 Å². The molecule has 1 heterocycles. The van der Waals surface area contributed by atoms with Gasteiger partial charge in [0.2, 0.25) is 5.91 Å². The highest BCUT2D eigenvalue weighted by molar-refractivity contribution is 6.01. The summed E-state index contributed by atoms with van der Waals surface area (Å²) < 4.78 is 11.2. The Hall–Kier alpha value is -3.06. The lowest BCUT2D eigenvalue weighted by Gasteiger charge is -2.33. The topological polar surface area (TPSA) is 71.1 Å². The number of benzene rings is 2. The van der Waals surface area contributed by atoms with Gasteiger partial charge >= 0.3 is 0 Å². The van der Waals surface area contributed by atoms with E-state index < -0.39 is 6.10 Å². The van der Waals surface area contributed by atoms with Crippen LogP contribution in [0.3, 0.4) is 0 Å². The summed E-state index contributed by atoms with van der Waals surface area (Å²) in [6.45, 7) is 5.78. The number of rotatable bonds is 9. The molecule has 0 bridgehead atoms. The minimum absolute atomic E-state index is 0.0656. The normalized spacial score (nSPS) is 15.5. The second kappa shape index (κ2) is 10.3. The summed E-state index contributed by atoms with van der Waals surface area (Å²) in [5, 5.41) is 2.93. The molecule has 1 unspecified atom stereocenters. The maximum atomic E-state index is 12.7. The average molecular weight is 426 g/mol. The second-order valence-electron chi connectivity index (χ2n) is 7.89. The molecule has 0 spiro atoms. The first-order valence-electron chi connectivity index (χ1n) is 10.7. The molecule has 7 nitrogen and oxygen atoms in total. The van der Waals surface area contributed by atoms with Gasteiger partial charge in [-0.25, -0.2) is 0 Å². The second-order valence-corrected chi connectivity index (χ2v) is 7.89. The molecule has 3 rings (SSSR count). The Morgan fingerprint density at radius 2 is 1.94 bits per heavy atom. The molecule has 2 aromatic carbocycles. The van der Waals surface area contributed by atoms with Crippen LogP contribution in [0, 0.1) is 0 Å². The predicted molar refractivity (Wildman–Crippen MR) is 122 cm³/mol. The molecular formula is C24H31N3O4. The molecule has 166 valence electrons. The van der Waals surface area contributed by atoms with E-state index in [9.17, 15) is 9.59 Å². The van der Waals surface area contributed by atoms with Crippen molar-refractivity contribution in [3.63, 3.8) is 0 Å². The number of carbonyl (C=O) groups excluding carboxylic acids is 2. The van der Waals surface area contributed by atoms with Gasteiger partial charge in [-0.1, -0.05) is 12.1 Å². The molecule has 1 aliphatic heterocycles. The Kier molecular flexibility index (Phi) is 7.52. The summed E-state index contributed by atoms with van der Waals surface area (Å²) in [6, 6.07) is 12.9. The molecule has 1 atom stereocenters. The van der Waals surface area contributed by atoms with Gasteiger partial charge in [-0.3, -0.25) is 9.59 Å². The van der Waals surface area contributed by atoms with Gasteiger partial charge in [0.25, 0.3) is 5.91 Å². The van der Waals surface area contributed by atoms with E-state index in [1.165, 1.54) is 0 Å². The van der Waals surface area contributed by atoms with E-state index in [-0.39, 0.29) is 18.2 Å². The number of hydrogen-bond donors (Lipinski definition) is 1. The number of carbonyl (C=O) groups is 2. The molecule has 31 heavy (non-hydrogen) atoms. The number of hydrogen-bond acceptors (Lipinski definition) is 5. The van der Waals surface area contributed by atoms with Crippen LogP contribution >= 0.6 is 0 Å². The van der Waals surface area contributed by atoms with Gasteiger partial charge < -0.3 is 24.6 Å². The zero-order chi connectivity index (χ0) is 22.4. The van der Waals surface area contributed by atoms with Gasteiger partial charge in [0.1, 0.15) is 11.5 Å². The van der Waals surface area contributed by atoms with Gasteiger partial charge in [-0.2, -0.15) is 0 Å². The largest absolute Gasteiger partial charge is 0.494 e. The third-order valence-electron chi connectivity index (χ3n) is 5.04. The van der Waals surface area contributed by atoms with Crippen molar-refractivity contribution in [1.82, 2.24) is 4.90 Å². The quantitative estimate of drug-likeness (QED) is 0.667. The van der Waals surface area contributed by atoms with E-state index in [1.54, 1.807) is 17.9 Å². The van der Waals surface area contributed by atoms with Crippen molar-refractivity contribution in [2.24, 2.45) is 0 Å². The van der Waals surface area contributed by atoms with Crippen LogP contribution in [0.2, 0.25) is 0 Å². The van der Waals surface area contributed by atoms with E-state index in [2.05, 4.69) is 10.2 Å². The number of amides is 2. The first-order valence-corrected chi connectivity index (χ1v) is 10.7. The highest BCUT2D eigenvalue weighted by Gasteiger charge is 2.31. The lowest BCUT2D eigenvalue weighted by Crippen LogP contribution is -2.45. The lowest BCUT2D eigenvalue weighted by molar-refractivity contribution is -0.125. The number of fused-ring (bicyclic) bond motifs is 1. The van der Waals surface area contributed by atoms with E-state index in [1.807, 2.05) is 57.4 Å². The fourth-order valence-electron chi connectivity index (χ4n) is 3.52. The van der Waals surface area contributed by atoms with Gasteiger partial charge in [0, 0.05) is 12.2 Å².